The third-order valence-electron chi connectivity index (χ3n) is 3.53. The standard InChI is InChI=1S/C19H20FNO4/c1-21(11-14-5-4-8-17(20)10-14)18(22)13-25-19(23)16-7-3-6-15(9-16)12-24-2/h3-10H,11-13H2,1-2H3. The number of carbonyl (C=O) groups is 2. The molecule has 2 aromatic carbocycles. The van der Waals surface area contributed by atoms with Crippen molar-refractivity contribution in [2.24, 2.45) is 0 Å². The number of nitrogens with zero attached hydrogens (tertiary/aromatic N) is 1. The van der Waals surface area contributed by atoms with Gasteiger partial charge in [-0.2, -0.15) is 0 Å². The molecule has 2 rings (SSSR count). The van der Waals surface area contributed by atoms with E-state index in [1.165, 1.54) is 17.0 Å². The van der Waals surface area contributed by atoms with Crippen LogP contribution in [-0.4, -0.2) is 37.5 Å². The zero-order valence-electron chi connectivity index (χ0n) is 14.2. The lowest BCUT2D eigenvalue weighted by atomic mass is 10.1. The molecule has 25 heavy (non-hydrogen) atoms. The summed E-state index contributed by atoms with van der Waals surface area (Å²) in [6.45, 7) is 0.243. The maximum absolute atomic E-state index is 13.2. The van der Waals surface area contributed by atoms with E-state index in [2.05, 4.69) is 0 Å². The smallest absolute Gasteiger partial charge is 0.338 e. The SMILES string of the molecule is COCc1cccc(C(=O)OCC(=O)N(C)Cc2cccc(F)c2)c1. The molecule has 5 nitrogen and oxygen atoms in total. The molecule has 0 saturated carbocycles. The minimum Gasteiger partial charge on any atom is -0.452 e. The average molecular weight is 345 g/mol. The second kappa shape index (κ2) is 8.94. The third kappa shape index (κ3) is 5.69. The van der Waals surface area contributed by atoms with E-state index in [1.807, 2.05) is 6.07 Å². The van der Waals surface area contributed by atoms with Gasteiger partial charge in [0.2, 0.25) is 0 Å². The topological polar surface area (TPSA) is 55.8 Å². The van der Waals surface area contributed by atoms with Gasteiger partial charge < -0.3 is 14.4 Å². The van der Waals surface area contributed by atoms with Crippen LogP contribution in [0.2, 0.25) is 0 Å². The van der Waals surface area contributed by atoms with Crippen LogP contribution < -0.4 is 0 Å². The van der Waals surface area contributed by atoms with Gasteiger partial charge in [0.05, 0.1) is 12.2 Å². The van der Waals surface area contributed by atoms with E-state index in [1.54, 1.807) is 44.5 Å². The quantitative estimate of drug-likeness (QED) is 0.724. The largest absolute Gasteiger partial charge is 0.452 e. The molecular weight excluding hydrogens is 325 g/mol. The van der Waals surface area contributed by atoms with Gasteiger partial charge in [0, 0.05) is 20.7 Å². The molecule has 0 atom stereocenters. The molecule has 0 aliphatic heterocycles. The number of benzene rings is 2. The first-order valence-electron chi connectivity index (χ1n) is 7.73. The molecule has 0 unspecified atom stereocenters. The number of likely N-dealkylation sites (N-methyl/N-ethyl adjacent to an activating group) is 1. The summed E-state index contributed by atoms with van der Waals surface area (Å²) >= 11 is 0. The molecule has 6 heteroatoms. The van der Waals surface area contributed by atoms with E-state index in [0.29, 0.717) is 17.7 Å². The van der Waals surface area contributed by atoms with Gasteiger partial charge in [-0.3, -0.25) is 4.79 Å². The van der Waals surface area contributed by atoms with Crippen LogP contribution in [0.5, 0.6) is 0 Å². The maximum atomic E-state index is 13.2. The minimum absolute atomic E-state index is 0.234. The van der Waals surface area contributed by atoms with Gasteiger partial charge in [-0.1, -0.05) is 24.3 Å². The van der Waals surface area contributed by atoms with Gasteiger partial charge >= 0.3 is 5.97 Å². The summed E-state index contributed by atoms with van der Waals surface area (Å²) in [5.74, 6) is -1.31. The lowest BCUT2D eigenvalue weighted by molar-refractivity contribution is -0.133. The number of methoxy groups -OCH3 is 1. The maximum Gasteiger partial charge on any atom is 0.338 e. The highest BCUT2D eigenvalue weighted by molar-refractivity contribution is 5.91. The molecule has 1 amide bonds. The molecule has 0 aromatic heterocycles. The molecule has 0 aliphatic rings. The molecule has 0 aliphatic carbocycles. The number of rotatable bonds is 7. The molecule has 0 heterocycles. The minimum atomic E-state index is -0.578. The molecule has 0 bridgehead atoms. The summed E-state index contributed by atoms with van der Waals surface area (Å²) in [5.41, 5.74) is 1.86. The van der Waals surface area contributed by atoms with Crippen molar-refractivity contribution >= 4 is 11.9 Å². The number of halogens is 1. The molecule has 132 valence electrons. The van der Waals surface area contributed by atoms with Gasteiger partial charge in [-0.15, -0.1) is 0 Å². The Bertz CT molecular complexity index is 748. The Morgan fingerprint density at radius 1 is 1.08 bits per heavy atom. The summed E-state index contributed by atoms with van der Waals surface area (Å²) in [7, 11) is 3.14. The summed E-state index contributed by atoms with van der Waals surface area (Å²) in [6, 6.07) is 12.8. The van der Waals surface area contributed by atoms with Crippen molar-refractivity contribution in [1.29, 1.82) is 0 Å². The fraction of sp³-hybridized carbons (Fsp3) is 0.263. The fourth-order valence-corrected chi connectivity index (χ4v) is 2.27. The average Bonchev–Trinajstić information content (AvgIpc) is 2.60. The highest BCUT2D eigenvalue weighted by atomic mass is 19.1. The Balaban J connectivity index is 1.88. The predicted molar refractivity (Wildman–Crippen MR) is 90.3 cm³/mol. The van der Waals surface area contributed by atoms with Crippen molar-refractivity contribution in [3.8, 4) is 0 Å². The van der Waals surface area contributed by atoms with E-state index in [4.69, 9.17) is 9.47 Å². The lowest BCUT2D eigenvalue weighted by Crippen LogP contribution is -2.30. The van der Waals surface area contributed by atoms with E-state index >= 15 is 0 Å². The van der Waals surface area contributed by atoms with Crippen LogP contribution >= 0.6 is 0 Å². The van der Waals surface area contributed by atoms with Crippen molar-refractivity contribution in [2.45, 2.75) is 13.2 Å². The van der Waals surface area contributed by atoms with Gasteiger partial charge in [0.1, 0.15) is 5.82 Å². The van der Waals surface area contributed by atoms with Crippen molar-refractivity contribution in [3.05, 3.63) is 71.0 Å². The van der Waals surface area contributed by atoms with Crippen LogP contribution in [0, 0.1) is 5.82 Å². The summed E-state index contributed by atoms with van der Waals surface area (Å²) in [5, 5.41) is 0. The molecular formula is C19H20FNO4. The van der Waals surface area contributed by atoms with Crippen LogP contribution in [0.4, 0.5) is 4.39 Å². The second-order valence-corrected chi connectivity index (χ2v) is 5.59. The first-order chi connectivity index (χ1) is 12.0. The second-order valence-electron chi connectivity index (χ2n) is 5.59. The zero-order chi connectivity index (χ0) is 18.2. The first-order valence-corrected chi connectivity index (χ1v) is 7.73. The monoisotopic (exact) mass is 345 g/mol. The molecule has 2 aromatic rings. The van der Waals surface area contributed by atoms with E-state index < -0.39 is 5.97 Å². The van der Waals surface area contributed by atoms with Crippen molar-refractivity contribution in [1.82, 2.24) is 4.90 Å². The first kappa shape index (κ1) is 18.6. The van der Waals surface area contributed by atoms with Crippen LogP contribution in [0.1, 0.15) is 21.5 Å². The Labute approximate surface area is 146 Å². The number of carbonyl (C=O) groups excluding carboxylic acids is 2. The van der Waals surface area contributed by atoms with Gasteiger partial charge in [0.25, 0.3) is 5.91 Å². The van der Waals surface area contributed by atoms with Gasteiger partial charge in [-0.25, -0.2) is 9.18 Å². The molecule has 0 spiro atoms. The van der Waals surface area contributed by atoms with Crippen LogP contribution in [0.15, 0.2) is 48.5 Å². The van der Waals surface area contributed by atoms with E-state index in [0.717, 1.165) is 5.56 Å². The number of esters is 1. The van der Waals surface area contributed by atoms with Crippen molar-refractivity contribution in [3.63, 3.8) is 0 Å². The Morgan fingerprint density at radius 3 is 2.52 bits per heavy atom. The number of amides is 1. The molecule has 0 saturated heterocycles. The summed E-state index contributed by atoms with van der Waals surface area (Å²) in [6.07, 6.45) is 0. The summed E-state index contributed by atoms with van der Waals surface area (Å²) < 4.78 is 23.2. The van der Waals surface area contributed by atoms with Crippen molar-refractivity contribution in [2.75, 3.05) is 20.8 Å². The Hall–Kier alpha value is -2.73. The Morgan fingerprint density at radius 2 is 1.80 bits per heavy atom. The Kier molecular flexibility index (Phi) is 6.65. The van der Waals surface area contributed by atoms with Gasteiger partial charge in [0.15, 0.2) is 6.61 Å². The normalized spacial score (nSPS) is 10.4. The fourth-order valence-electron chi connectivity index (χ4n) is 2.27. The van der Waals surface area contributed by atoms with Crippen LogP contribution in [-0.2, 0) is 27.4 Å². The van der Waals surface area contributed by atoms with E-state index in [-0.39, 0.29) is 24.9 Å². The lowest BCUT2D eigenvalue weighted by Gasteiger charge is -2.17. The third-order valence-corrected chi connectivity index (χ3v) is 3.53. The number of hydrogen-bond donors (Lipinski definition) is 0. The number of ether oxygens (including phenoxy) is 2. The highest BCUT2D eigenvalue weighted by Crippen LogP contribution is 2.09. The van der Waals surface area contributed by atoms with E-state index in [9.17, 15) is 14.0 Å². The highest BCUT2D eigenvalue weighted by Gasteiger charge is 2.14. The van der Waals surface area contributed by atoms with Crippen LogP contribution in [0.3, 0.4) is 0 Å². The van der Waals surface area contributed by atoms with Crippen molar-refractivity contribution < 1.29 is 23.5 Å². The van der Waals surface area contributed by atoms with Crippen LogP contribution in [0.25, 0.3) is 0 Å². The predicted octanol–water partition coefficient (Wildman–Crippen LogP) is 2.79. The number of hydrogen-bond acceptors (Lipinski definition) is 4. The summed E-state index contributed by atoms with van der Waals surface area (Å²) in [4.78, 5) is 25.5. The molecule has 0 fully saturated rings. The molecule has 0 N–H and O–H groups in total. The zero-order valence-corrected chi connectivity index (χ0v) is 14.2. The molecule has 0 radical (unpaired) electrons. The van der Waals surface area contributed by atoms with Gasteiger partial charge in [-0.05, 0) is 35.4 Å².